The molecular formula is C11H13NO3. The van der Waals surface area contributed by atoms with Crippen LogP contribution in [0.5, 0.6) is 0 Å². The Kier molecular flexibility index (Phi) is 3.85. The van der Waals surface area contributed by atoms with E-state index in [-0.39, 0.29) is 6.61 Å². The molecule has 80 valence electrons. The second-order valence-corrected chi connectivity index (χ2v) is 3.00. The Hall–Kier alpha value is -1.84. The maximum Gasteiger partial charge on any atom is 0.323 e. The van der Waals surface area contributed by atoms with Crippen molar-refractivity contribution in [3.63, 3.8) is 0 Å². The van der Waals surface area contributed by atoms with Crippen molar-refractivity contribution in [1.29, 1.82) is 0 Å². The van der Waals surface area contributed by atoms with Gasteiger partial charge in [-0.05, 0) is 12.5 Å². The molecule has 0 aliphatic carbocycles. The summed E-state index contributed by atoms with van der Waals surface area (Å²) in [5.41, 5.74) is 5.72. The summed E-state index contributed by atoms with van der Waals surface area (Å²) in [5.74, 6) is -2.30. The Morgan fingerprint density at radius 3 is 2.40 bits per heavy atom. The van der Waals surface area contributed by atoms with E-state index < -0.39 is 17.8 Å². The van der Waals surface area contributed by atoms with Crippen LogP contribution in [0.3, 0.4) is 0 Å². The van der Waals surface area contributed by atoms with Crippen molar-refractivity contribution >= 4 is 11.9 Å². The molecular weight excluding hydrogens is 194 g/mol. The first-order chi connectivity index (χ1) is 7.16. The molecule has 0 aliphatic heterocycles. The average molecular weight is 207 g/mol. The third-order valence-corrected chi connectivity index (χ3v) is 1.94. The normalized spacial score (nSPS) is 11.8. The molecule has 0 saturated carbocycles. The number of carbonyl (C=O) groups is 2. The lowest BCUT2D eigenvalue weighted by Crippen LogP contribution is -2.29. The summed E-state index contributed by atoms with van der Waals surface area (Å²) in [5, 5.41) is 0. The van der Waals surface area contributed by atoms with Gasteiger partial charge in [-0.3, -0.25) is 9.59 Å². The van der Waals surface area contributed by atoms with E-state index in [9.17, 15) is 9.59 Å². The number of esters is 1. The molecule has 1 amide bonds. The molecule has 1 atom stereocenters. The number of primary amides is 1. The summed E-state index contributed by atoms with van der Waals surface area (Å²) in [6, 6.07) is 8.63. The van der Waals surface area contributed by atoms with Crippen LogP contribution in [0.25, 0.3) is 0 Å². The zero-order chi connectivity index (χ0) is 11.3. The molecule has 1 rings (SSSR count). The van der Waals surface area contributed by atoms with Crippen LogP contribution in [0.4, 0.5) is 0 Å². The third kappa shape index (κ3) is 2.80. The first kappa shape index (κ1) is 11.2. The zero-order valence-electron chi connectivity index (χ0n) is 8.47. The summed E-state index contributed by atoms with van der Waals surface area (Å²) in [6.45, 7) is 1.91. The van der Waals surface area contributed by atoms with E-state index in [1.165, 1.54) is 0 Å². The molecule has 4 heteroatoms. The summed E-state index contributed by atoms with van der Waals surface area (Å²) >= 11 is 0. The Labute approximate surface area is 88.0 Å². The largest absolute Gasteiger partial charge is 0.465 e. The Morgan fingerprint density at radius 1 is 1.33 bits per heavy atom. The Bertz CT molecular complexity index is 348. The van der Waals surface area contributed by atoms with Crippen LogP contribution in [0.15, 0.2) is 30.3 Å². The van der Waals surface area contributed by atoms with Crippen LogP contribution in [0.2, 0.25) is 0 Å². The predicted octanol–water partition coefficient (Wildman–Crippen LogP) is 0.819. The molecule has 2 N–H and O–H groups in total. The van der Waals surface area contributed by atoms with E-state index in [1.807, 2.05) is 0 Å². The van der Waals surface area contributed by atoms with Gasteiger partial charge in [0.05, 0.1) is 6.61 Å². The summed E-state index contributed by atoms with van der Waals surface area (Å²) < 4.78 is 4.78. The minimum Gasteiger partial charge on any atom is -0.465 e. The van der Waals surface area contributed by atoms with Gasteiger partial charge in [0.2, 0.25) is 5.91 Å². The van der Waals surface area contributed by atoms with E-state index in [4.69, 9.17) is 10.5 Å². The highest BCUT2D eigenvalue weighted by Gasteiger charge is 2.27. The lowest BCUT2D eigenvalue weighted by molar-refractivity contribution is -0.147. The van der Waals surface area contributed by atoms with Crippen molar-refractivity contribution in [2.45, 2.75) is 12.8 Å². The first-order valence-electron chi connectivity index (χ1n) is 4.67. The average Bonchev–Trinajstić information content (AvgIpc) is 2.19. The fourth-order valence-electron chi connectivity index (χ4n) is 1.29. The van der Waals surface area contributed by atoms with Gasteiger partial charge < -0.3 is 10.5 Å². The lowest BCUT2D eigenvalue weighted by atomic mass is 9.99. The molecule has 4 nitrogen and oxygen atoms in total. The number of carbonyl (C=O) groups excluding carboxylic acids is 2. The van der Waals surface area contributed by atoms with Crippen LogP contribution in [-0.2, 0) is 14.3 Å². The molecule has 0 bridgehead atoms. The number of ether oxygens (including phenoxy) is 1. The molecule has 0 fully saturated rings. The first-order valence-corrected chi connectivity index (χ1v) is 4.67. The summed E-state index contributed by atoms with van der Waals surface area (Å²) in [4.78, 5) is 22.6. The minimum absolute atomic E-state index is 0.232. The number of nitrogens with two attached hydrogens (primary N) is 1. The van der Waals surface area contributed by atoms with Gasteiger partial charge in [0.25, 0.3) is 0 Å². The van der Waals surface area contributed by atoms with E-state index in [0.717, 1.165) is 0 Å². The van der Waals surface area contributed by atoms with E-state index in [0.29, 0.717) is 5.56 Å². The van der Waals surface area contributed by atoms with Gasteiger partial charge in [0.1, 0.15) is 0 Å². The smallest absolute Gasteiger partial charge is 0.323 e. The van der Waals surface area contributed by atoms with Crippen molar-refractivity contribution in [2.75, 3.05) is 6.61 Å². The minimum atomic E-state index is -1.01. The van der Waals surface area contributed by atoms with Crippen LogP contribution in [0.1, 0.15) is 18.4 Å². The van der Waals surface area contributed by atoms with Crippen molar-refractivity contribution in [1.82, 2.24) is 0 Å². The van der Waals surface area contributed by atoms with Crippen molar-refractivity contribution in [3.05, 3.63) is 35.9 Å². The monoisotopic (exact) mass is 207 g/mol. The molecule has 0 radical (unpaired) electrons. The number of benzene rings is 1. The molecule has 0 spiro atoms. The number of hydrogen-bond donors (Lipinski definition) is 1. The van der Waals surface area contributed by atoms with Crippen molar-refractivity contribution < 1.29 is 14.3 Å². The standard InChI is InChI=1S/C11H13NO3/c1-2-15-11(14)9(10(12)13)8-6-4-3-5-7-8/h3-7,9H,2H2,1H3,(H2,12,13). The van der Waals surface area contributed by atoms with E-state index in [2.05, 4.69) is 0 Å². The highest BCUT2D eigenvalue weighted by atomic mass is 16.5. The van der Waals surface area contributed by atoms with Crippen molar-refractivity contribution in [3.8, 4) is 0 Å². The lowest BCUT2D eigenvalue weighted by Gasteiger charge is -2.11. The fraction of sp³-hybridized carbons (Fsp3) is 0.273. The third-order valence-electron chi connectivity index (χ3n) is 1.94. The SMILES string of the molecule is CCOC(=O)C(C(N)=O)c1ccccc1. The molecule has 1 unspecified atom stereocenters. The van der Waals surface area contributed by atoms with Crippen LogP contribution in [-0.4, -0.2) is 18.5 Å². The maximum atomic E-state index is 11.5. The molecule has 0 saturated heterocycles. The van der Waals surface area contributed by atoms with Crippen LogP contribution in [0, 0.1) is 0 Å². The number of amides is 1. The van der Waals surface area contributed by atoms with Gasteiger partial charge in [-0.25, -0.2) is 0 Å². The molecule has 1 aromatic carbocycles. The van der Waals surface area contributed by atoms with Gasteiger partial charge in [-0.15, -0.1) is 0 Å². The predicted molar refractivity (Wildman–Crippen MR) is 55.0 cm³/mol. The molecule has 0 aliphatic rings. The van der Waals surface area contributed by atoms with Gasteiger partial charge in [0.15, 0.2) is 5.92 Å². The van der Waals surface area contributed by atoms with E-state index in [1.54, 1.807) is 37.3 Å². The molecule has 0 heterocycles. The highest BCUT2D eigenvalue weighted by Crippen LogP contribution is 2.16. The zero-order valence-corrected chi connectivity index (χ0v) is 8.47. The quantitative estimate of drug-likeness (QED) is 0.587. The van der Waals surface area contributed by atoms with Gasteiger partial charge >= 0.3 is 5.97 Å². The van der Waals surface area contributed by atoms with E-state index >= 15 is 0 Å². The number of hydrogen-bond acceptors (Lipinski definition) is 3. The van der Waals surface area contributed by atoms with Crippen LogP contribution < -0.4 is 5.73 Å². The molecule has 0 aromatic heterocycles. The summed E-state index contributed by atoms with van der Waals surface area (Å²) in [7, 11) is 0. The molecule has 15 heavy (non-hydrogen) atoms. The Morgan fingerprint density at radius 2 is 1.93 bits per heavy atom. The topological polar surface area (TPSA) is 69.4 Å². The molecule has 1 aromatic rings. The Balaban J connectivity index is 2.94. The fourth-order valence-corrected chi connectivity index (χ4v) is 1.29. The van der Waals surface area contributed by atoms with Gasteiger partial charge in [0, 0.05) is 0 Å². The maximum absolute atomic E-state index is 11.5. The second-order valence-electron chi connectivity index (χ2n) is 3.00. The summed E-state index contributed by atoms with van der Waals surface area (Å²) in [6.07, 6.45) is 0. The van der Waals surface area contributed by atoms with Gasteiger partial charge in [-0.1, -0.05) is 30.3 Å². The second kappa shape index (κ2) is 5.14. The van der Waals surface area contributed by atoms with Crippen molar-refractivity contribution in [2.24, 2.45) is 5.73 Å². The number of rotatable bonds is 4. The van der Waals surface area contributed by atoms with Crippen LogP contribution >= 0.6 is 0 Å². The highest BCUT2D eigenvalue weighted by molar-refractivity contribution is 6.02. The van der Waals surface area contributed by atoms with Gasteiger partial charge in [-0.2, -0.15) is 0 Å².